The van der Waals surface area contributed by atoms with Crippen molar-refractivity contribution < 1.29 is 13.2 Å². The van der Waals surface area contributed by atoms with Crippen molar-refractivity contribution in [1.82, 2.24) is 4.31 Å². The highest BCUT2D eigenvalue weighted by atomic mass is 35.5. The number of benzene rings is 2. The van der Waals surface area contributed by atoms with Gasteiger partial charge in [0.1, 0.15) is 5.75 Å². The molecule has 0 heterocycles. The van der Waals surface area contributed by atoms with Gasteiger partial charge in [-0.05, 0) is 37.3 Å². The first-order chi connectivity index (χ1) is 10.4. The Morgan fingerprint density at radius 1 is 1.09 bits per heavy atom. The van der Waals surface area contributed by atoms with Crippen molar-refractivity contribution in [2.24, 2.45) is 0 Å². The Hall–Kier alpha value is -1.56. The van der Waals surface area contributed by atoms with E-state index in [1.807, 2.05) is 31.2 Å². The lowest BCUT2D eigenvalue weighted by atomic mass is 10.2. The first-order valence-corrected chi connectivity index (χ1v) is 8.69. The number of ether oxygens (including phenoxy) is 1. The molecular weight excluding hydrogens is 322 g/mol. The fourth-order valence-electron chi connectivity index (χ4n) is 2.04. The fourth-order valence-corrected chi connectivity index (χ4v) is 3.32. The van der Waals surface area contributed by atoms with Gasteiger partial charge in [0.15, 0.2) is 0 Å². The van der Waals surface area contributed by atoms with E-state index >= 15 is 0 Å². The number of hydrogen-bond donors (Lipinski definition) is 0. The van der Waals surface area contributed by atoms with Gasteiger partial charge in [-0.15, -0.1) is 0 Å². The van der Waals surface area contributed by atoms with Crippen LogP contribution in [0.15, 0.2) is 53.4 Å². The van der Waals surface area contributed by atoms with Gasteiger partial charge in [0.05, 0.1) is 11.5 Å². The maximum Gasteiger partial charge on any atom is 0.243 e. The van der Waals surface area contributed by atoms with Crippen molar-refractivity contribution >= 4 is 21.6 Å². The van der Waals surface area contributed by atoms with E-state index in [0.29, 0.717) is 17.4 Å². The second-order valence-corrected chi connectivity index (χ2v) is 7.24. The van der Waals surface area contributed by atoms with Crippen LogP contribution in [0.25, 0.3) is 0 Å². The highest BCUT2D eigenvalue weighted by Gasteiger charge is 2.21. The first kappa shape index (κ1) is 16.8. The van der Waals surface area contributed by atoms with Crippen LogP contribution in [0.1, 0.15) is 12.5 Å². The Bertz CT molecular complexity index is 729. The highest BCUT2D eigenvalue weighted by molar-refractivity contribution is 7.89. The van der Waals surface area contributed by atoms with Crippen LogP contribution in [0, 0.1) is 0 Å². The van der Waals surface area contributed by atoms with Crippen molar-refractivity contribution in [3.8, 4) is 5.75 Å². The van der Waals surface area contributed by atoms with Gasteiger partial charge in [-0.2, -0.15) is 4.31 Å². The van der Waals surface area contributed by atoms with E-state index in [1.165, 1.54) is 16.4 Å². The van der Waals surface area contributed by atoms with E-state index in [2.05, 4.69) is 0 Å². The monoisotopic (exact) mass is 339 g/mol. The maximum absolute atomic E-state index is 12.6. The quantitative estimate of drug-likeness (QED) is 0.808. The summed E-state index contributed by atoms with van der Waals surface area (Å²) in [7, 11) is -2.02. The first-order valence-electron chi connectivity index (χ1n) is 6.87. The molecule has 0 spiro atoms. The molecule has 0 saturated heterocycles. The largest absolute Gasteiger partial charge is 0.494 e. The molecule has 0 saturated carbocycles. The number of para-hydroxylation sites is 1. The van der Waals surface area contributed by atoms with E-state index in [1.54, 1.807) is 19.2 Å². The van der Waals surface area contributed by atoms with Crippen LogP contribution in [0.2, 0.25) is 5.02 Å². The number of halogens is 1. The second kappa shape index (κ2) is 7.13. The highest BCUT2D eigenvalue weighted by Crippen LogP contribution is 2.23. The standard InChI is InChI=1S/C16H18ClNO3S/c1-3-21-16-7-5-4-6-13(16)12-18(2)22(19,20)15-10-8-14(17)9-11-15/h4-11H,3,12H2,1-2H3. The SMILES string of the molecule is CCOc1ccccc1CN(C)S(=O)(=O)c1ccc(Cl)cc1. The summed E-state index contributed by atoms with van der Waals surface area (Å²) in [6, 6.07) is 13.6. The van der Waals surface area contributed by atoms with Crippen molar-refractivity contribution in [3.05, 3.63) is 59.1 Å². The molecule has 0 aliphatic carbocycles. The zero-order chi connectivity index (χ0) is 16.2. The topological polar surface area (TPSA) is 46.6 Å². The van der Waals surface area contributed by atoms with Crippen LogP contribution in [0.3, 0.4) is 0 Å². The summed E-state index contributed by atoms with van der Waals surface area (Å²) >= 11 is 5.80. The summed E-state index contributed by atoms with van der Waals surface area (Å²) in [5.41, 5.74) is 0.824. The molecule has 0 amide bonds. The summed E-state index contributed by atoms with van der Waals surface area (Å²) < 4.78 is 32.0. The lowest BCUT2D eigenvalue weighted by Gasteiger charge is -2.19. The van der Waals surface area contributed by atoms with Crippen molar-refractivity contribution in [1.29, 1.82) is 0 Å². The molecule has 0 aliphatic heterocycles. The zero-order valence-corrected chi connectivity index (χ0v) is 14.1. The smallest absolute Gasteiger partial charge is 0.243 e. The number of nitrogens with zero attached hydrogens (tertiary/aromatic N) is 1. The molecule has 0 aliphatic rings. The van der Waals surface area contributed by atoms with Crippen LogP contribution in [-0.2, 0) is 16.6 Å². The van der Waals surface area contributed by atoms with Crippen molar-refractivity contribution in [2.75, 3.05) is 13.7 Å². The van der Waals surface area contributed by atoms with Gasteiger partial charge in [-0.25, -0.2) is 8.42 Å². The molecule has 22 heavy (non-hydrogen) atoms. The molecule has 6 heteroatoms. The number of hydrogen-bond acceptors (Lipinski definition) is 3. The third-order valence-corrected chi connectivity index (χ3v) is 5.26. The molecule has 0 radical (unpaired) electrons. The Balaban J connectivity index is 2.24. The summed E-state index contributed by atoms with van der Waals surface area (Å²) in [5, 5.41) is 0.503. The van der Waals surface area contributed by atoms with Gasteiger partial charge in [0.2, 0.25) is 10.0 Å². The number of rotatable bonds is 6. The summed E-state index contributed by atoms with van der Waals surface area (Å²) in [6.45, 7) is 2.66. The van der Waals surface area contributed by atoms with Gasteiger partial charge in [0, 0.05) is 24.2 Å². The molecule has 0 aromatic heterocycles. The van der Waals surface area contributed by atoms with Gasteiger partial charge >= 0.3 is 0 Å². The van der Waals surface area contributed by atoms with Crippen LogP contribution in [0.5, 0.6) is 5.75 Å². The van der Waals surface area contributed by atoms with Crippen LogP contribution < -0.4 is 4.74 Å². The lowest BCUT2D eigenvalue weighted by Crippen LogP contribution is -2.26. The van der Waals surface area contributed by atoms with E-state index in [9.17, 15) is 8.42 Å². The molecule has 2 rings (SSSR count). The zero-order valence-electron chi connectivity index (χ0n) is 12.5. The molecule has 0 bridgehead atoms. The Morgan fingerprint density at radius 2 is 1.73 bits per heavy atom. The number of sulfonamides is 1. The van der Waals surface area contributed by atoms with Crippen LogP contribution in [-0.4, -0.2) is 26.4 Å². The minimum Gasteiger partial charge on any atom is -0.494 e. The van der Waals surface area contributed by atoms with E-state index < -0.39 is 10.0 Å². The predicted octanol–water partition coefficient (Wildman–Crippen LogP) is 3.56. The Labute approximate surface area is 136 Å². The minimum atomic E-state index is -3.57. The molecule has 0 fully saturated rings. The Kier molecular flexibility index (Phi) is 5.45. The van der Waals surface area contributed by atoms with Gasteiger partial charge in [0.25, 0.3) is 0 Å². The van der Waals surface area contributed by atoms with Gasteiger partial charge in [-0.3, -0.25) is 0 Å². The molecule has 2 aromatic carbocycles. The average molecular weight is 340 g/mol. The molecule has 118 valence electrons. The third-order valence-electron chi connectivity index (χ3n) is 3.19. The molecule has 0 atom stereocenters. The van der Waals surface area contributed by atoms with Gasteiger partial charge < -0.3 is 4.74 Å². The van der Waals surface area contributed by atoms with Crippen molar-refractivity contribution in [3.63, 3.8) is 0 Å². The molecule has 4 nitrogen and oxygen atoms in total. The normalized spacial score (nSPS) is 11.6. The molecule has 2 aromatic rings. The average Bonchev–Trinajstić information content (AvgIpc) is 2.50. The summed E-state index contributed by atoms with van der Waals surface area (Å²) in [5.74, 6) is 0.697. The van der Waals surface area contributed by atoms with Gasteiger partial charge in [-0.1, -0.05) is 29.8 Å². The van der Waals surface area contributed by atoms with E-state index in [-0.39, 0.29) is 11.4 Å². The second-order valence-electron chi connectivity index (χ2n) is 4.76. The fraction of sp³-hybridized carbons (Fsp3) is 0.250. The predicted molar refractivity (Wildman–Crippen MR) is 87.7 cm³/mol. The van der Waals surface area contributed by atoms with Crippen LogP contribution >= 0.6 is 11.6 Å². The molecule has 0 N–H and O–H groups in total. The minimum absolute atomic E-state index is 0.216. The summed E-state index contributed by atoms with van der Waals surface area (Å²) in [6.07, 6.45) is 0. The maximum atomic E-state index is 12.6. The van der Waals surface area contributed by atoms with Crippen molar-refractivity contribution in [2.45, 2.75) is 18.4 Å². The summed E-state index contributed by atoms with van der Waals surface area (Å²) in [4.78, 5) is 0.216. The van der Waals surface area contributed by atoms with E-state index in [0.717, 1.165) is 5.56 Å². The molecular formula is C16H18ClNO3S. The molecule has 0 unspecified atom stereocenters. The Morgan fingerprint density at radius 3 is 2.36 bits per heavy atom. The van der Waals surface area contributed by atoms with E-state index in [4.69, 9.17) is 16.3 Å². The van der Waals surface area contributed by atoms with Crippen LogP contribution in [0.4, 0.5) is 0 Å². The lowest BCUT2D eigenvalue weighted by molar-refractivity contribution is 0.332. The third kappa shape index (κ3) is 3.80.